The second kappa shape index (κ2) is 6.84. The van der Waals surface area contributed by atoms with Crippen LogP contribution in [0.5, 0.6) is 0 Å². The Morgan fingerprint density at radius 2 is 1.86 bits per heavy atom. The number of carbonyl (C=O) groups excluding carboxylic acids is 1. The molecular weight excluding hydrogens is 384 g/mol. The van der Waals surface area contributed by atoms with Crippen LogP contribution in [0.15, 0.2) is 36.7 Å². The Balaban J connectivity index is 1.95. The quantitative estimate of drug-likeness (QED) is 0.437. The van der Waals surface area contributed by atoms with Gasteiger partial charge in [0.2, 0.25) is 0 Å². The lowest BCUT2D eigenvalue weighted by molar-refractivity contribution is 0.0589. The third kappa shape index (κ3) is 3.35. The molecule has 3 heterocycles. The van der Waals surface area contributed by atoms with Crippen LogP contribution in [0.4, 0.5) is 10.6 Å². The van der Waals surface area contributed by atoms with E-state index in [0.717, 1.165) is 26.9 Å². The molecule has 3 aromatic heterocycles. The van der Waals surface area contributed by atoms with Crippen molar-refractivity contribution >= 4 is 44.5 Å². The van der Waals surface area contributed by atoms with Gasteiger partial charge in [0.05, 0.1) is 22.1 Å². The smallest absolute Gasteiger partial charge is 0.415 e. The molecular formula is C22H24N4O2S. The molecule has 0 atom stereocenters. The zero-order valence-electron chi connectivity index (χ0n) is 17.5. The molecule has 6 nitrogen and oxygen atoms in total. The van der Waals surface area contributed by atoms with Gasteiger partial charge in [0.25, 0.3) is 0 Å². The predicted octanol–water partition coefficient (Wildman–Crippen LogP) is 5.53. The van der Waals surface area contributed by atoms with Gasteiger partial charge < -0.3 is 9.30 Å². The number of ether oxygens (including phenoxy) is 1. The van der Waals surface area contributed by atoms with Gasteiger partial charge in [-0.05, 0) is 38.8 Å². The van der Waals surface area contributed by atoms with Crippen LogP contribution in [-0.4, -0.2) is 33.3 Å². The number of thiophene rings is 1. The summed E-state index contributed by atoms with van der Waals surface area (Å²) in [6.07, 6.45) is 1.31. The number of pyridine rings is 1. The molecule has 0 N–H and O–H groups in total. The van der Waals surface area contributed by atoms with E-state index in [1.54, 1.807) is 24.7 Å². The first-order valence-electron chi connectivity index (χ1n) is 9.43. The second-order valence-corrected chi connectivity index (χ2v) is 9.15. The number of aryl methyl sites for hydroxylation is 2. The van der Waals surface area contributed by atoms with Crippen molar-refractivity contribution in [2.45, 2.75) is 33.3 Å². The summed E-state index contributed by atoms with van der Waals surface area (Å²) in [5.41, 5.74) is 4.21. The SMILES string of the molecule is Cc1c(-c2ccccc2)sc2c1nc(N(C)C(=O)OC(C)(C)C)c1ncn(C)c12. The van der Waals surface area contributed by atoms with Gasteiger partial charge in [-0.3, -0.25) is 4.90 Å². The van der Waals surface area contributed by atoms with Crippen molar-refractivity contribution in [1.29, 1.82) is 0 Å². The van der Waals surface area contributed by atoms with E-state index in [4.69, 9.17) is 9.72 Å². The minimum Gasteiger partial charge on any atom is -0.443 e. The van der Waals surface area contributed by atoms with Crippen molar-refractivity contribution in [2.75, 3.05) is 11.9 Å². The Labute approximate surface area is 173 Å². The molecule has 29 heavy (non-hydrogen) atoms. The summed E-state index contributed by atoms with van der Waals surface area (Å²) in [6, 6.07) is 10.3. The maximum absolute atomic E-state index is 12.7. The third-order valence-corrected chi connectivity index (χ3v) is 6.05. The van der Waals surface area contributed by atoms with E-state index in [-0.39, 0.29) is 0 Å². The number of imidazole rings is 1. The summed E-state index contributed by atoms with van der Waals surface area (Å²) in [5, 5.41) is 0. The van der Waals surface area contributed by atoms with Crippen LogP contribution in [-0.2, 0) is 11.8 Å². The Hall–Kier alpha value is -2.93. The maximum Gasteiger partial charge on any atom is 0.415 e. The van der Waals surface area contributed by atoms with Gasteiger partial charge in [-0.2, -0.15) is 0 Å². The predicted molar refractivity (Wildman–Crippen MR) is 119 cm³/mol. The Morgan fingerprint density at radius 3 is 2.52 bits per heavy atom. The van der Waals surface area contributed by atoms with E-state index in [1.807, 2.05) is 50.6 Å². The minimum absolute atomic E-state index is 0.451. The summed E-state index contributed by atoms with van der Waals surface area (Å²) < 4.78 is 8.59. The molecule has 0 radical (unpaired) electrons. The number of carbonyl (C=O) groups is 1. The third-order valence-electron chi connectivity index (χ3n) is 4.72. The molecule has 1 amide bonds. The lowest BCUT2D eigenvalue weighted by atomic mass is 10.1. The number of rotatable bonds is 2. The number of nitrogens with zero attached hydrogens (tertiary/aromatic N) is 4. The number of aromatic nitrogens is 3. The first-order valence-corrected chi connectivity index (χ1v) is 10.3. The van der Waals surface area contributed by atoms with Gasteiger partial charge in [0.15, 0.2) is 5.82 Å². The molecule has 0 aliphatic carbocycles. The van der Waals surface area contributed by atoms with Crippen molar-refractivity contribution in [2.24, 2.45) is 7.05 Å². The largest absolute Gasteiger partial charge is 0.443 e. The van der Waals surface area contributed by atoms with Gasteiger partial charge in [-0.1, -0.05) is 30.3 Å². The van der Waals surface area contributed by atoms with Gasteiger partial charge in [-0.25, -0.2) is 14.8 Å². The van der Waals surface area contributed by atoms with E-state index in [9.17, 15) is 4.79 Å². The van der Waals surface area contributed by atoms with Crippen molar-refractivity contribution in [3.05, 3.63) is 42.2 Å². The number of fused-ring (bicyclic) bond motifs is 3. The van der Waals surface area contributed by atoms with Crippen LogP contribution in [0, 0.1) is 6.92 Å². The molecule has 1 aromatic carbocycles. The summed E-state index contributed by atoms with van der Waals surface area (Å²) in [7, 11) is 3.64. The Morgan fingerprint density at radius 1 is 1.17 bits per heavy atom. The maximum atomic E-state index is 12.7. The highest BCUT2D eigenvalue weighted by Gasteiger charge is 2.26. The number of anilines is 1. The highest BCUT2D eigenvalue weighted by molar-refractivity contribution is 7.23. The molecule has 0 bridgehead atoms. The first-order chi connectivity index (χ1) is 13.7. The van der Waals surface area contributed by atoms with Gasteiger partial charge >= 0.3 is 6.09 Å². The number of hydrogen-bond donors (Lipinski definition) is 0. The fraction of sp³-hybridized carbons (Fsp3) is 0.318. The molecule has 0 saturated carbocycles. The van der Waals surface area contributed by atoms with Gasteiger partial charge in [0.1, 0.15) is 11.1 Å². The normalized spacial score (nSPS) is 11.9. The number of hydrogen-bond acceptors (Lipinski definition) is 5. The average molecular weight is 409 g/mol. The second-order valence-electron chi connectivity index (χ2n) is 8.13. The van der Waals surface area contributed by atoms with Crippen LogP contribution in [0.3, 0.4) is 0 Å². The highest BCUT2D eigenvalue weighted by Crippen LogP contribution is 2.42. The van der Waals surface area contributed by atoms with E-state index in [1.165, 1.54) is 9.78 Å². The molecule has 0 fully saturated rings. The van der Waals surface area contributed by atoms with E-state index in [2.05, 4.69) is 24.0 Å². The summed E-state index contributed by atoms with van der Waals surface area (Å²) >= 11 is 1.71. The summed E-state index contributed by atoms with van der Waals surface area (Å²) in [4.78, 5) is 24.7. The molecule has 7 heteroatoms. The standard InChI is InChI=1S/C22H24N4O2S/c1-13-15-19(29-18(13)14-10-8-7-9-11-14)17-16(23-12-25(17)5)20(24-15)26(6)21(27)28-22(2,3)4/h7-12H,1-6H3. The zero-order chi connectivity index (χ0) is 20.9. The molecule has 0 aliphatic rings. The van der Waals surface area contributed by atoms with E-state index < -0.39 is 11.7 Å². The topological polar surface area (TPSA) is 60.3 Å². The van der Waals surface area contributed by atoms with Crippen molar-refractivity contribution in [1.82, 2.24) is 14.5 Å². The van der Waals surface area contributed by atoms with Crippen LogP contribution in [0.2, 0.25) is 0 Å². The lowest BCUT2D eigenvalue weighted by Crippen LogP contribution is -2.34. The highest BCUT2D eigenvalue weighted by atomic mass is 32.1. The van der Waals surface area contributed by atoms with Crippen molar-refractivity contribution in [3.8, 4) is 10.4 Å². The fourth-order valence-electron chi connectivity index (χ4n) is 3.34. The van der Waals surface area contributed by atoms with Crippen molar-refractivity contribution in [3.63, 3.8) is 0 Å². The molecule has 0 saturated heterocycles. The van der Waals surface area contributed by atoms with E-state index in [0.29, 0.717) is 11.3 Å². The monoisotopic (exact) mass is 408 g/mol. The van der Waals surface area contributed by atoms with Gasteiger partial charge in [-0.15, -0.1) is 11.3 Å². The lowest BCUT2D eigenvalue weighted by Gasteiger charge is -2.24. The Kier molecular flexibility index (Phi) is 4.58. The minimum atomic E-state index is -0.586. The van der Waals surface area contributed by atoms with Crippen LogP contribution >= 0.6 is 11.3 Å². The molecule has 4 rings (SSSR count). The van der Waals surface area contributed by atoms with Crippen LogP contribution in [0.1, 0.15) is 26.3 Å². The fourth-order valence-corrected chi connectivity index (χ4v) is 4.68. The molecule has 0 spiro atoms. The molecule has 150 valence electrons. The van der Waals surface area contributed by atoms with E-state index >= 15 is 0 Å². The van der Waals surface area contributed by atoms with Crippen LogP contribution < -0.4 is 4.90 Å². The zero-order valence-corrected chi connectivity index (χ0v) is 18.3. The summed E-state index contributed by atoms with van der Waals surface area (Å²) in [6.45, 7) is 7.62. The summed E-state index contributed by atoms with van der Waals surface area (Å²) in [5.74, 6) is 0.503. The van der Waals surface area contributed by atoms with Crippen LogP contribution in [0.25, 0.3) is 31.7 Å². The van der Waals surface area contributed by atoms with Crippen molar-refractivity contribution < 1.29 is 9.53 Å². The Bertz CT molecular complexity index is 1220. The van der Waals surface area contributed by atoms with Gasteiger partial charge in [0, 0.05) is 19.0 Å². The first kappa shape index (κ1) is 19.4. The number of benzene rings is 1. The molecule has 4 aromatic rings. The molecule has 0 aliphatic heterocycles. The number of amides is 1. The average Bonchev–Trinajstić information content (AvgIpc) is 3.20. The molecule has 0 unspecified atom stereocenters.